The van der Waals surface area contributed by atoms with Crippen LogP contribution in [0, 0.1) is 5.82 Å². The number of aromatic amines is 1. The third-order valence-electron chi connectivity index (χ3n) is 1.46. The number of H-pyrrole nitrogens is 1. The molecule has 0 radical (unpaired) electrons. The van der Waals surface area contributed by atoms with E-state index in [0.717, 1.165) is 6.20 Å². The highest BCUT2D eigenvalue weighted by Crippen LogP contribution is 2.11. The number of nitrogen functional groups attached to an aromatic ring is 1. The number of hydrogen-bond donors (Lipinski definition) is 2. The first kappa shape index (κ1) is 7.66. The second-order valence-electron chi connectivity index (χ2n) is 2.41. The Hall–Kier alpha value is -1.98. The Bertz CT molecular complexity index is 407. The lowest BCUT2D eigenvalue weighted by Crippen LogP contribution is -1.87. The summed E-state index contributed by atoms with van der Waals surface area (Å²) in [4.78, 5) is 7.62. The molecule has 66 valence electrons. The lowest BCUT2D eigenvalue weighted by Gasteiger charge is -1.91. The molecule has 3 N–H and O–H groups in total. The van der Waals surface area contributed by atoms with E-state index in [1.54, 1.807) is 0 Å². The van der Waals surface area contributed by atoms with Crippen LogP contribution >= 0.6 is 0 Å². The largest absolute Gasteiger partial charge is 0.368 e. The van der Waals surface area contributed by atoms with Crippen molar-refractivity contribution in [2.45, 2.75) is 0 Å². The van der Waals surface area contributed by atoms with Crippen LogP contribution in [0.1, 0.15) is 0 Å². The van der Waals surface area contributed by atoms with Crippen molar-refractivity contribution in [3.63, 3.8) is 0 Å². The zero-order valence-corrected chi connectivity index (χ0v) is 6.53. The van der Waals surface area contributed by atoms with Crippen LogP contribution in [0.3, 0.4) is 0 Å². The number of nitrogens with one attached hydrogen (secondary N) is 1. The standard InChI is InChI=1S/C7H6FN5/c8-4-1-2-5(10-3-4)6-11-7(9)13-12-6/h1-3H,(H3,9,11,12,13). The minimum absolute atomic E-state index is 0.209. The molecular formula is C7H6FN5. The van der Waals surface area contributed by atoms with Crippen LogP contribution in [0.5, 0.6) is 0 Å². The Morgan fingerprint density at radius 3 is 2.77 bits per heavy atom. The molecule has 0 bridgehead atoms. The number of hydrogen-bond acceptors (Lipinski definition) is 4. The van der Waals surface area contributed by atoms with Gasteiger partial charge < -0.3 is 5.73 Å². The van der Waals surface area contributed by atoms with E-state index in [2.05, 4.69) is 20.2 Å². The van der Waals surface area contributed by atoms with Crippen LogP contribution in [-0.2, 0) is 0 Å². The fourth-order valence-electron chi connectivity index (χ4n) is 0.897. The molecule has 0 amide bonds. The van der Waals surface area contributed by atoms with Crippen LogP contribution in [0.25, 0.3) is 11.5 Å². The Kier molecular flexibility index (Phi) is 1.66. The lowest BCUT2D eigenvalue weighted by molar-refractivity contribution is 0.621. The number of rotatable bonds is 1. The lowest BCUT2D eigenvalue weighted by atomic mass is 10.3. The summed E-state index contributed by atoms with van der Waals surface area (Å²) in [6.07, 6.45) is 1.10. The maximum atomic E-state index is 12.5. The zero-order valence-electron chi connectivity index (χ0n) is 6.53. The van der Waals surface area contributed by atoms with Gasteiger partial charge >= 0.3 is 0 Å². The van der Waals surface area contributed by atoms with Gasteiger partial charge in [0.1, 0.15) is 11.5 Å². The molecule has 0 aromatic carbocycles. The number of nitrogens with zero attached hydrogens (tertiary/aromatic N) is 3. The molecule has 0 saturated heterocycles. The third-order valence-corrected chi connectivity index (χ3v) is 1.46. The van der Waals surface area contributed by atoms with Crippen molar-refractivity contribution < 1.29 is 4.39 Å². The van der Waals surface area contributed by atoms with Gasteiger partial charge in [0.15, 0.2) is 0 Å². The van der Waals surface area contributed by atoms with E-state index in [-0.39, 0.29) is 5.95 Å². The van der Waals surface area contributed by atoms with Gasteiger partial charge in [0.2, 0.25) is 11.8 Å². The third kappa shape index (κ3) is 1.46. The molecular weight excluding hydrogens is 173 g/mol. The van der Waals surface area contributed by atoms with E-state index in [9.17, 15) is 4.39 Å². The van der Waals surface area contributed by atoms with Crippen molar-refractivity contribution in [3.8, 4) is 11.5 Å². The molecule has 0 unspecified atom stereocenters. The molecule has 13 heavy (non-hydrogen) atoms. The SMILES string of the molecule is Nc1nc(-c2ccc(F)cn2)n[nH]1. The fourth-order valence-corrected chi connectivity index (χ4v) is 0.897. The minimum Gasteiger partial charge on any atom is -0.368 e. The van der Waals surface area contributed by atoms with Gasteiger partial charge in [-0.15, -0.1) is 0 Å². The topological polar surface area (TPSA) is 80.5 Å². The molecule has 0 atom stereocenters. The summed E-state index contributed by atoms with van der Waals surface area (Å²) >= 11 is 0. The summed E-state index contributed by atoms with van der Waals surface area (Å²) in [6, 6.07) is 2.77. The number of aromatic nitrogens is 4. The molecule has 0 aliphatic heterocycles. The highest BCUT2D eigenvalue weighted by Gasteiger charge is 2.04. The average Bonchev–Trinajstić information content (AvgIpc) is 2.53. The Labute approximate surface area is 72.8 Å². The first-order valence-electron chi connectivity index (χ1n) is 3.55. The van der Waals surface area contributed by atoms with Crippen LogP contribution in [0.15, 0.2) is 18.3 Å². The maximum Gasteiger partial charge on any atom is 0.216 e. The van der Waals surface area contributed by atoms with Gasteiger partial charge in [-0.25, -0.2) is 14.5 Å². The van der Waals surface area contributed by atoms with Crippen molar-refractivity contribution in [3.05, 3.63) is 24.1 Å². The van der Waals surface area contributed by atoms with Gasteiger partial charge in [-0.1, -0.05) is 0 Å². The Morgan fingerprint density at radius 1 is 1.38 bits per heavy atom. The zero-order chi connectivity index (χ0) is 9.26. The van der Waals surface area contributed by atoms with Gasteiger partial charge in [-0.3, -0.25) is 0 Å². The van der Waals surface area contributed by atoms with E-state index in [0.29, 0.717) is 11.5 Å². The van der Waals surface area contributed by atoms with Gasteiger partial charge in [0.05, 0.1) is 6.20 Å². The van der Waals surface area contributed by atoms with Gasteiger partial charge in [0, 0.05) is 0 Å². The number of halogens is 1. The quantitative estimate of drug-likeness (QED) is 0.671. The van der Waals surface area contributed by atoms with Crippen LogP contribution in [-0.4, -0.2) is 20.2 Å². The second-order valence-corrected chi connectivity index (χ2v) is 2.41. The Morgan fingerprint density at radius 2 is 2.23 bits per heavy atom. The van der Waals surface area contributed by atoms with E-state index in [1.165, 1.54) is 12.1 Å². The molecule has 6 heteroatoms. The van der Waals surface area contributed by atoms with Crippen LogP contribution < -0.4 is 5.73 Å². The molecule has 2 aromatic rings. The summed E-state index contributed by atoms with van der Waals surface area (Å²) < 4.78 is 12.5. The first-order valence-corrected chi connectivity index (χ1v) is 3.55. The number of pyridine rings is 1. The van der Waals surface area contributed by atoms with E-state index >= 15 is 0 Å². The number of anilines is 1. The summed E-state index contributed by atoms with van der Waals surface area (Å²) in [5, 5.41) is 6.23. The monoisotopic (exact) mass is 179 g/mol. The van der Waals surface area contributed by atoms with Crippen LogP contribution in [0.2, 0.25) is 0 Å². The van der Waals surface area contributed by atoms with E-state index in [1.807, 2.05) is 0 Å². The smallest absolute Gasteiger partial charge is 0.216 e. The normalized spacial score (nSPS) is 10.2. The molecule has 0 aliphatic rings. The maximum absolute atomic E-state index is 12.5. The highest BCUT2D eigenvalue weighted by molar-refractivity contribution is 5.49. The minimum atomic E-state index is -0.396. The summed E-state index contributed by atoms with van der Waals surface area (Å²) in [5.41, 5.74) is 5.80. The molecule has 2 aromatic heterocycles. The second kappa shape index (κ2) is 2.81. The van der Waals surface area contributed by atoms with Crippen molar-refractivity contribution in [2.24, 2.45) is 0 Å². The van der Waals surface area contributed by atoms with Crippen molar-refractivity contribution in [1.82, 2.24) is 20.2 Å². The Balaban J connectivity index is 2.41. The molecule has 2 rings (SSSR count). The van der Waals surface area contributed by atoms with Crippen molar-refractivity contribution in [2.75, 3.05) is 5.73 Å². The van der Waals surface area contributed by atoms with E-state index < -0.39 is 5.82 Å². The summed E-state index contributed by atoms with van der Waals surface area (Å²) in [7, 11) is 0. The summed E-state index contributed by atoms with van der Waals surface area (Å²) in [6.45, 7) is 0. The predicted molar refractivity (Wildman–Crippen MR) is 44.0 cm³/mol. The van der Waals surface area contributed by atoms with Gasteiger partial charge in [-0.05, 0) is 12.1 Å². The summed E-state index contributed by atoms with van der Waals surface area (Å²) in [5.74, 6) is 0.172. The number of nitrogens with two attached hydrogens (primary N) is 1. The van der Waals surface area contributed by atoms with Crippen molar-refractivity contribution >= 4 is 5.95 Å². The molecule has 0 spiro atoms. The molecule has 0 saturated carbocycles. The van der Waals surface area contributed by atoms with Gasteiger partial charge in [-0.2, -0.15) is 10.1 Å². The predicted octanol–water partition coefficient (Wildman–Crippen LogP) is 0.588. The first-order chi connectivity index (χ1) is 6.25. The molecule has 0 fully saturated rings. The van der Waals surface area contributed by atoms with E-state index in [4.69, 9.17) is 5.73 Å². The average molecular weight is 179 g/mol. The van der Waals surface area contributed by atoms with Gasteiger partial charge in [0.25, 0.3) is 0 Å². The van der Waals surface area contributed by atoms with Crippen molar-refractivity contribution in [1.29, 1.82) is 0 Å². The molecule has 2 heterocycles. The fraction of sp³-hybridized carbons (Fsp3) is 0. The molecule has 5 nitrogen and oxygen atoms in total. The molecule has 0 aliphatic carbocycles. The van der Waals surface area contributed by atoms with Crippen LogP contribution in [0.4, 0.5) is 10.3 Å². The highest BCUT2D eigenvalue weighted by atomic mass is 19.1.